The Morgan fingerprint density at radius 3 is 2.86 bits per heavy atom. The Labute approximate surface area is 132 Å². The monoisotopic (exact) mass is 348 g/mol. The standard InChI is InChI=1S/C16H17BrN2O2/c1-9-15(10(2)21-19-9)8-18-16(20)13-5-11-3-4-14(17)7-12(11)6-13/h3-4,7,13H,5-6,8H2,1-2H3,(H,18,20). The van der Waals surface area contributed by atoms with E-state index in [0.717, 1.165) is 34.3 Å². The van der Waals surface area contributed by atoms with Gasteiger partial charge in [-0.3, -0.25) is 4.79 Å². The first-order valence-corrected chi connectivity index (χ1v) is 7.80. The van der Waals surface area contributed by atoms with Crippen LogP contribution in [0.4, 0.5) is 0 Å². The third kappa shape index (κ3) is 2.88. The van der Waals surface area contributed by atoms with Crippen LogP contribution in [0.5, 0.6) is 0 Å². The Morgan fingerprint density at radius 1 is 1.38 bits per heavy atom. The van der Waals surface area contributed by atoms with Crippen LogP contribution in [0.15, 0.2) is 27.2 Å². The van der Waals surface area contributed by atoms with Gasteiger partial charge in [0.15, 0.2) is 0 Å². The van der Waals surface area contributed by atoms with Crippen LogP contribution in [0.2, 0.25) is 0 Å². The largest absolute Gasteiger partial charge is 0.361 e. The van der Waals surface area contributed by atoms with Gasteiger partial charge < -0.3 is 9.84 Å². The lowest BCUT2D eigenvalue weighted by atomic mass is 10.1. The maximum Gasteiger partial charge on any atom is 0.224 e. The van der Waals surface area contributed by atoms with Crippen molar-refractivity contribution < 1.29 is 9.32 Å². The van der Waals surface area contributed by atoms with E-state index < -0.39 is 0 Å². The van der Waals surface area contributed by atoms with Crippen LogP contribution in [-0.4, -0.2) is 11.1 Å². The van der Waals surface area contributed by atoms with Crippen molar-refractivity contribution in [2.45, 2.75) is 33.2 Å². The maximum absolute atomic E-state index is 12.3. The van der Waals surface area contributed by atoms with Gasteiger partial charge in [0.05, 0.1) is 5.69 Å². The summed E-state index contributed by atoms with van der Waals surface area (Å²) in [6.45, 7) is 4.24. The van der Waals surface area contributed by atoms with E-state index >= 15 is 0 Å². The second kappa shape index (κ2) is 5.64. The van der Waals surface area contributed by atoms with Crippen molar-refractivity contribution in [1.82, 2.24) is 10.5 Å². The topological polar surface area (TPSA) is 55.1 Å². The van der Waals surface area contributed by atoms with Gasteiger partial charge >= 0.3 is 0 Å². The van der Waals surface area contributed by atoms with Gasteiger partial charge in [-0.15, -0.1) is 0 Å². The SMILES string of the molecule is Cc1noc(C)c1CNC(=O)C1Cc2ccc(Br)cc2C1. The lowest BCUT2D eigenvalue weighted by Gasteiger charge is -2.10. The Hall–Kier alpha value is -1.62. The third-order valence-corrected chi connectivity index (χ3v) is 4.59. The first-order chi connectivity index (χ1) is 10.0. The van der Waals surface area contributed by atoms with Crippen molar-refractivity contribution in [3.05, 3.63) is 50.8 Å². The molecule has 0 aliphatic heterocycles. The Balaban J connectivity index is 1.63. The van der Waals surface area contributed by atoms with Gasteiger partial charge in [0.25, 0.3) is 0 Å². The van der Waals surface area contributed by atoms with E-state index in [1.54, 1.807) is 0 Å². The maximum atomic E-state index is 12.3. The number of nitrogens with one attached hydrogen (secondary N) is 1. The van der Waals surface area contributed by atoms with E-state index in [1.165, 1.54) is 11.1 Å². The second-order valence-electron chi connectivity index (χ2n) is 5.54. The molecule has 110 valence electrons. The minimum Gasteiger partial charge on any atom is -0.361 e. The molecule has 0 radical (unpaired) electrons. The fourth-order valence-electron chi connectivity index (χ4n) is 2.85. The van der Waals surface area contributed by atoms with E-state index in [0.29, 0.717) is 6.54 Å². The van der Waals surface area contributed by atoms with Gasteiger partial charge in [-0.1, -0.05) is 27.2 Å². The number of halogens is 1. The first kappa shape index (κ1) is 14.3. The molecule has 0 spiro atoms. The van der Waals surface area contributed by atoms with Crippen LogP contribution >= 0.6 is 15.9 Å². The zero-order valence-electron chi connectivity index (χ0n) is 12.1. The van der Waals surface area contributed by atoms with Gasteiger partial charge in [0.1, 0.15) is 5.76 Å². The molecule has 1 N–H and O–H groups in total. The van der Waals surface area contributed by atoms with Crippen molar-refractivity contribution in [3.63, 3.8) is 0 Å². The molecule has 1 unspecified atom stereocenters. The summed E-state index contributed by atoms with van der Waals surface area (Å²) in [6, 6.07) is 6.24. The fourth-order valence-corrected chi connectivity index (χ4v) is 3.25. The molecule has 0 saturated carbocycles. The highest BCUT2D eigenvalue weighted by atomic mass is 79.9. The molecule has 1 heterocycles. The van der Waals surface area contributed by atoms with Crippen molar-refractivity contribution >= 4 is 21.8 Å². The minimum atomic E-state index is 0.0229. The van der Waals surface area contributed by atoms with E-state index in [-0.39, 0.29) is 11.8 Å². The van der Waals surface area contributed by atoms with Crippen LogP contribution in [0.1, 0.15) is 28.1 Å². The molecule has 3 rings (SSSR count). The van der Waals surface area contributed by atoms with Crippen molar-refractivity contribution in [1.29, 1.82) is 0 Å². The summed E-state index contributed by atoms with van der Waals surface area (Å²) in [4.78, 5) is 12.3. The molecule has 1 aliphatic rings. The van der Waals surface area contributed by atoms with Crippen LogP contribution in [0, 0.1) is 19.8 Å². The molecular formula is C16H17BrN2O2. The summed E-state index contributed by atoms with van der Waals surface area (Å²) in [7, 11) is 0. The number of carbonyl (C=O) groups excluding carboxylic acids is 1. The van der Waals surface area contributed by atoms with Crippen LogP contribution < -0.4 is 5.32 Å². The molecule has 21 heavy (non-hydrogen) atoms. The van der Waals surface area contributed by atoms with Crippen LogP contribution in [0.25, 0.3) is 0 Å². The molecule has 0 bridgehead atoms. The van der Waals surface area contributed by atoms with Gasteiger partial charge in [-0.25, -0.2) is 0 Å². The van der Waals surface area contributed by atoms with E-state index in [9.17, 15) is 4.79 Å². The number of aryl methyl sites for hydroxylation is 2. The number of nitrogens with zero attached hydrogens (tertiary/aromatic N) is 1. The predicted molar refractivity (Wildman–Crippen MR) is 82.9 cm³/mol. The summed E-state index contributed by atoms with van der Waals surface area (Å²) in [5.74, 6) is 0.892. The molecule has 1 aromatic heterocycles. The Morgan fingerprint density at radius 2 is 2.14 bits per heavy atom. The average Bonchev–Trinajstić information content (AvgIpc) is 3.00. The first-order valence-electron chi connectivity index (χ1n) is 7.01. The van der Waals surface area contributed by atoms with E-state index in [2.05, 4.69) is 38.5 Å². The Bertz CT molecular complexity index is 674. The molecule has 1 atom stereocenters. The molecular weight excluding hydrogens is 332 g/mol. The van der Waals surface area contributed by atoms with E-state index in [4.69, 9.17) is 4.52 Å². The quantitative estimate of drug-likeness (QED) is 0.927. The predicted octanol–water partition coefficient (Wildman–Crippen LogP) is 3.09. The lowest BCUT2D eigenvalue weighted by molar-refractivity contribution is -0.124. The summed E-state index contributed by atoms with van der Waals surface area (Å²) in [5.41, 5.74) is 4.35. The van der Waals surface area contributed by atoms with Crippen molar-refractivity contribution in [2.24, 2.45) is 5.92 Å². The normalized spacial score (nSPS) is 16.8. The molecule has 2 aromatic rings. The minimum absolute atomic E-state index is 0.0229. The lowest BCUT2D eigenvalue weighted by Crippen LogP contribution is -2.30. The number of aromatic nitrogens is 1. The number of benzene rings is 1. The molecule has 5 heteroatoms. The highest BCUT2D eigenvalue weighted by Gasteiger charge is 2.27. The molecule has 0 fully saturated rings. The van der Waals surface area contributed by atoms with Crippen LogP contribution in [-0.2, 0) is 24.2 Å². The summed E-state index contributed by atoms with van der Waals surface area (Å²) < 4.78 is 6.18. The molecule has 4 nitrogen and oxygen atoms in total. The highest BCUT2D eigenvalue weighted by Crippen LogP contribution is 2.29. The summed E-state index contributed by atoms with van der Waals surface area (Å²) >= 11 is 3.48. The zero-order valence-corrected chi connectivity index (χ0v) is 13.7. The smallest absolute Gasteiger partial charge is 0.224 e. The molecule has 1 aromatic carbocycles. The average molecular weight is 349 g/mol. The molecule has 1 aliphatic carbocycles. The summed E-state index contributed by atoms with van der Waals surface area (Å²) in [5, 5.41) is 6.91. The van der Waals surface area contributed by atoms with E-state index in [1.807, 2.05) is 19.9 Å². The number of hydrogen-bond acceptors (Lipinski definition) is 3. The zero-order chi connectivity index (χ0) is 15.0. The highest BCUT2D eigenvalue weighted by molar-refractivity contribution is 9.10. The number of carbonyl (C=O) groups is 1. The van der Waals surface area contributed by atoms with Gasteiger partial charge in [0.2, 0.25) is 5.91 Å². The fraction of sp³-hybridized carbons (Fsp3) is 0.375. The third-order valence-electron chi connectivity index (χ3n) is 4.09. The van der Waals surface area contributed by atoms with Crippen molar-refractivity contribution in [2.75, 3.05) is 0 Å². The summed E-state index contributed by atoms with van der Waals surface area (Å²) in [6.07, 6.45) is 1.62. The Kier molecular flexibility index (Phi) is 3.85. The molecule has 0 saturated heterocycles. The van der Waals surface area contributed by atoms with Gasteiger partial charge in [0, 0.05) is 22.5 Å². The second-order valence-corrected chi connectivity index (χ2v) is 6.45. The van der Waals surface area contributed by atoms with Gasteiger partial charge in [-0.2, -0.15) is 0 Å². The number of fused-ring (bicyclic) bond motifs is 1. The molecule has 1 amide bonds. The number of amides is 1. The van der Waals surface area contributed by atoms with Crippen LogP contribution in [0.3, 0.4) is 0 Å². The van der Waals surface area contributed by atoms with Gasteiger partial charge in [-0.05, 0) is 49.9 Å². The number of rotatable bonds is 3. The number of hydrogen-bond donors (Lipinski definition) is 1. The van der Waals surface area contributed by atoms with Crippen molar-refractivity contribution in [3.8, 4) is 0 Å².